The van der Waals surface area contributed by atoms with Crippen molar-refractivity contribution < 1.29 is 17.9 Å². The van der Waals surface area contributed by atoms with Crippen molar-refractivity contribution in [2.45, 2.75) is 36.9 Å². The maximum atomic E-state index is 14.1. The highest BCUT2D eigenvalue weighted by atomic mass is 32.2. The first-order valence-electron chi connectivity index (χ1n) is 12.4. The quantitative estimate of drug-likeness (QED) is 0.277. The zero-order valence-electron chi connectivity index (χ0n) is 20.5. The van der Waals surface area contributed by atoms with Crippen LogP contribution in [0.15, 0.2) is 95.2 Å². The topological polar surface area (TPSA) is 66.9 Å². The van der Waals surface area contributed by atoms with Gasteiger partial charge in [-0.1, -0.05) is 72.8 Å². The smallest absolute Gasteiger partial charge is 0.244 e. The molecule has 4 aromatic rings. The van der Waals surface area contributed by atoms with Crippen LogP contribution in [0.3, 0.4) is 0 Å². The molecule has 3 aromatic carbocycles. The molecule has 0 spiro atoms. The number of hydrogen-bond donors (Lipinski definition) is 0. The molecule has 2 heterocycles. The lowest BCUT2D eigenvalue weighted by Crippen LogP contribution is -2.45. The van der Waals surface area contributed by atoms with Crippen LogP contribution in [0.2, 0.25) is 0 Å². The molecular weight excluding hydrogens is 504 g/mol. The molecule has 1 aromatic heterocycles. The summed E-state index contributed by atoms with van der Waals surface area (Å²) in [5.41, 5.74) is 0.995. The van der Waals surface area contributed by atoms with Gasteiger partial charge in [-0.3, -0.25) is 4.79 Å². The second-order valence-corrected chi connectivity index (χ2v) is 12.2. The van der Waals surface area contributed by atoms with Crippen molar-refractivity contribution in [1.82, 2.24) is 9.21 Å². The highest BCUT2D eigenvalue weighted by Crippen LogP contribution is 2.27. The highest BCUT2D eigenvalue weighted by Gasteiger charge is 2.33. The van der Waals surface area contributed by atoms with Gasteiger partial charge < -0.3 is 9.64 Å². The van der Waals surface area contributed by atoms with Gasteiger partial charge in [0.25, 0.3) is 0 Å². The summed E-state index contributed by atoms with van der Waals surface area (Å²) in [4.78, 5) is 16.8. The Labute approximate surface area is 222 Å². The number of thiophene rings is 1. The number of benzene rings is 3. The zero-order chi connectivity index (χ0) is 25.7. The van der Waals surface area contributed by atoms with Crippen molar-refractivity contribution in [2.24, 2.45) is 0 Å². The number of hydrogen-bond acceptors (Lipinski definition) is 5. The fraction of sp³-hybridized carbons (Fsp3) is 0.276. The fourth-order valence-corrected chi connectivity index (χ4v) is 7.06. The van der Waals surface area contributed by atoms with E-state index in [4.69, 9.17) is 4.74 Å². The molecule has 8 heteroatoms. The molecule has 0 aliphatic carbocycles. The van der Waals surface area contributed by atoms with E-state index < -0.39 is 10.0 Å². The molecule has 192 valence electrons. The Morgan fingerprint density at radius 2 is 1.70 bits per heavy atom. The first-order valence-corrected chi connectivity index (χ1v) is 14.8. The van der Waals surface area contributed by atoms with Crippen molar-refractivity contribution >= 4 is 38.0 Å². The number of amides is 1. The van der Waals surface area contributed by atoms with E-state index in [1.54, 1.807) is 28.4 Å². The third-order valence-corrected chi connectivity index (χ3v) is 9.34. The van der Waals surface area contributed by atoms with Crippen LogP contribution in [0.5, 0.6) is 0 Å². The van der Waals surface area contributed by atoms with Gasteiger partial charge in [-0.2, -0.15) is 4.31 Å². The molecule has 6 nitrogen and oxygen atoms in total. The first-order chi connectivity index (χ1) is 18.0. The highest BCUT2D eigenvalue weighted by molar-refractivity contribution is 7.89. The van der Waals surface area contributed by atoms with Gasteiger partial charge in [-0.05, 0) is 41.3 Å². The van der Waals surface area contributed by atoms with E-state index in [0.29, 0.717) is 25.1 Å². The van der Waals surface area contributed by atoms with Crippen molar-refractivity contribution in [3.63, 3.8) is 0 Å². The summed E-state index contributed by atoms with van der Waals surface area (Å²) in [6, 6.07) is 26.4. The molecule has 1 unspecified atom stereocenters. The number of ether oxygens (including phenoxy) is 1. The third-order valence-electron chi connectivity index (χ3n) is 6.61. The molecule has 0 N–H and O–H groups in total. The van der Waals surface area contributed by atoms with Gasteiger partial charge in [-0.15, -0.1) is 11.3 Å². The van der Waals surface area contributed by atoms with Crippen LogP contribution < -0.4 is 0 Å². The molecule has 1 atom stereocenters. The van der Waals surface area contributed by atoms with E-state index in [-0.39, 0.29) is 30.0 Å². The Bertz CT molecular complexity index is 1430. The molecule has 1 saturated heterocycles. The standard InChI is InChI=1S/C29H30N2O4S2/c32-29(30(21-26-14-8-18-36-26)19-23-9-2-1-3-10-23)22-31(20-25-13-7-17-35-25)37(33,34)28-16-6-12-24-11-4-5-15-27(24)28/h1-6,8-12,14-16,18,25H,7,13,17,19-22H2. The van der Waals surface area contributed by atoms with Gasteiger partial charge in [-0.25, -0.2) is 8.42 Å². The number of rotatable bonds is 10. The van der Waals surface area contributed by atoms with Crippen LogP contribution in [-0.4, -0.2) is 49.3 Å². The lowest BCUT2D eigenvalue weighted by Gasteiger charge is -2.29. The second-order valence-electron chi connectivity index (χ2n) is 9.22. The molecule has 1 fully saturated rings. The lowest BCUT2D eigenvalue weighted by molar-refractivity contribution is -0.132. The number of fused-ring (bicyclic) bond motifs is 1. The summed E-state index contributed by atoms with van der Waals surface area (Å²) in [6.07, 6.45) is 1.44. The summed E-state index contributed by atoms with van der Waals surface area (Å²) in [7, 11) is -3.97. The lowest BCUT2D eigenvalue weighted by atomic mass is 10.1. The Kier molecular flexibility index (Phi) is 8.00. The molecule has 1 amide bonds. The molecule has 0 radical (unpaired) electrons. The van der Waals surface area contributed by atoms with Crippen molar-refractivity contribution in [3.8, 4) is 0 Å². The van der Waals surface area contributed by atoms with Crippen LogP contribution in [0, 0.1) is 0 Å². The summed E-state index contributed by atoms with van der Waals surface area (Å²) in [5, 5.41) is 3.47. The number of carbonyl (C=O) groups excluding carboxylic acids is 1. The maximum absolute atomic E-state index is 14.1. The monoisotopic (exact) mass is 534 g/mol. The summed E-state index contributed by atoms with van der Waals surface area (Å²) in [6.45, 7) is 1.34. The van der Waals surface area contributed by atoms with Crippen LogP contribution in [0.25, 0.3) is 10.8 Å². The fourth-order valence-electron chi connectivity index (χ4n) is 4.70. The van der Waals surface area contributed by atoms with E-state index in [0.717, 1.165) is 28.7 Å². The minimum absolute atomic E-state index is 0.148. The van der Waals surface area contributed by atoms with Gasteiger partial charge in [0.2, 0.25) is 15.9 Å². The molecule has 5 rings (SSSR count). The largest absolute Gasteiger partial charge is 0.377 e. The molecular formula is C29H30N2O4S2. The number of carbonyl (C=O) groups is 1. The average molecular weight is 535 g/mol. The van der Waals surface area contributed by atoms with Crippen molar-refractivity contribution in [2.75, 3.05) is 19.7 Å². The third kappa shape index (κ3) is 6.10. The maximum Gasteiger partial charge on any atom is 0.244 e. The van der Waals surface area contributed by atoms with Crippen molar-refractivity contribution in [1.29, 1.82) is 0 Å². The Balaban J connectivity index is 1.46. The van der Waals surface area contributed by atoms with E-state index >= 15 is 0 Å². The Morgan fingerprint density at radius 3 is 2.46 bits per heavy atom. The number of sulfonamides is 1. The Hall–Kier alpha value is -3.04. The predicted octanol–water partition coefficient (Wildman–Crippen LogP) is 5.30. The zero-order valence-corrected chi connectivity index (χ0v) is 22.2. The van der Waals surface area contributed by atoms with Gasteiger partial charge in [0.1, 0.15) is 0 Å². The van der Waals surface area contributed by atoms with Crippen molar-refractivity contribution in [3.05, 3.63) is 101 Å². The van der Waals surface area contributed by atoms with Gasteiger partial charge in [0.15, 0.2) is 0 Å². The molecule has 1 aliphatic rings. The summed E-state index contributed by atoms with van der Waals surface area (Å²) < 4.78 is 35.3. The second kappa shape index (κ2) is 11.6. The SMILES string of the molecule is O=C(CN(CC1CCCO1)S(=O)(=O)c1cccc2ccccc12)N(Cc1ccccc1)Cc1cccs1. The predicted molar refractivity (Wildman–Crippen MR) is 147 cm³/mol. The molecule has 0 saturated carbocycles. The normalized spacial score (nSPS) is 15.9. The molecule has 1 aliphatic heterocycles. The van der Waals surface area contributed by atoms with Gasteiger partial charge in [0, 0.05) is 30.0 Å². The minimum Gasteiger partial charge on any atom is -0.377 e. The van der Waals surface area contributed by atoms with Crippen LogP contribution in [0.4, 0.5) is 0 Å². The molecule has 0 bridgehead atoms. The first kappa shape index (κ1) is 25.6. The number of nitrogens with zero attached hydrogens (tertiary/aromatic N) is 2. The van der Waals surface area contributed by atoms with Crippen LogP contribution in [0.1, 0.15) is 23.3 Å². The Morgan fingerprint density at radius 1 is 0.919 bits per heavy atom. The van der Waals surface area contributed by atoms with E-state index in [9.17, 15) is 13.2 Å². The van der Waals surface area contributed by atoms with Gasteiger partial charge >= 0.3 is 0 Å². The van der Waals surface area contributed by atoms with Gasteiger partial charge in [0.05, 0.1) is 24.1 Å². The summed E-state index contributed by atoms with van der Waals surface area (Å²) >= 11 is 1.58. The van der Waals surface area contributed by atoms with Crippen LogP contribution in [-0.2, 0) is 32.6 Å². The minimum atomic E-state index is -3.97. The van der Waals surface area contributed by atoms with E-state index in [1.165, 1.54) is 4.31 Å². The van der Waals surface area contributed by atoms with Crippen LogP contribution >= 0.6 is 11.3 Å². The average Bonchev–Trinajstić information content (AvgIpc) is 3.63. The molecule has 37 heavy (non-hydrogen) atoms. The van der Waals surface area contributed by atoms with E-state index in [1.807, 2.05) is 78.2 Å². The summed E-state index contributed by atoms with van der Waals surface area (Å²) in [5.74, 6) is -0.237. The van der Waals surface area contributed by atoms with E-state index in [2.05, 4.69) is 0 Å².